The first-order valence-electron chi connectivity index (χ1n) is 7.36. The summed E-state index contributed by atoms with van der Waals surface area (Å²) in [7, 11) is 0. The van der Waals surface area contributed by atoms with Crippen LogP contribution < -0.4 is 4.90 Å². The normalized spacial score (nSPS) is 15.2. The Balaban J connectivity index is 1.74. The van der Waals surface area contributed by atoms with Gasteiger partial charge in [-0.3, -0.25) is 9.59 Å². The molecule has 128 valence electrons. The van der Waals surface area contributed by atoms with Crippen LogP contribution in [0.4, 0.5) is 5.69 Å². The lowest BCUT2D eigenvalue weighted by Crippen LogP contribution is -2.52. The SMILES string of the molecule is O=C1CN(c2cccc(Cl)c2)C(=O)CN1/N=C/c1ccc(O)c(O)c1. The van der Waals surface area contributed by atoms with Crippen molar-refractivity contribution < 1.29 is 19.8 Å². The summed E-state index contributed by atoms with van der Waals surface area (Å²) in [6, 6.07) is 10.8. The zero-order valence-electron chi connectivity index (χ0n) is 13.0. The summed E-state index contributed by atoms with van der Waals surface area (Å²) in [6.07, 6.45) is 1.33. The standard InChI is InChI=1S/C17H14ClN3O4/c18-12-2-1-3-13(7-12)20-9-17(25)21(10-16(20)24)19-8-11-4-5-14(22)15(23)6-11/h1-8,22-23H,9-10H2/b19-8+. The zero-order chi connectivity index (χ0) is 18.0. The number of piperazine rings is 1. The average molecular weight is 360 g/mol. The van der Waals surface area contributed by atoms with E-state index in [2.05, 4.69) is 5.10 Å². The quantitative estimate of drug-likeness (QED) is 0.647. The highest BCUT2D eigenvalue weighted by molar-refractivity contribution is 6.31. The Morgan fingerprint density at radius 2 is 1.80 bits per heavy atom. The molecule has 0 aromatic heterocycles. The minimum Gasteiger partial charge on any atom is -0.504 e. The van der Waals surface area contributed by atoms with E-state index in [1.165, 1.54) is 29.3 Å². The van der Waals surface area contributed by atoms with Crippen LogP contribution in [0.5, 0.6) is 11.5 Å². The van der Waals surface area contributed by atoms with Gasteiger partial charge in [-0.2, -0.15) is 5.10 Å². The number of aromatic hydroxyl groups is 2. The molecule has 1 fully saturated rings. The number of hydrogen-bond donors (Lipinski definition) is 2. The average Bonchev–Trinajstić information content (AvgIpc) is 2.58. The van der Waals surface area contributed by atoms with Crippen molar-refractivity contribution in [1.82, 2.24) is 5.01 Å². The Morgan fingerprint density at radius 1 is 1.00 bits per heavy atom. The van der Waals surface area contributed by atoms with E-state index in [0.717, 1.165) is 5.01 Å². The summed E-state index contributed by atoms with van der Waals surface area (Å²) in [5.74, 6) is -1.18. The molecule has 2 aromatic carbocycles. The molecule has 1 aliphatic heterocycles. The first-order chi connectivity index (χ1) is 11.9. The summed E-state index contributed by atoms with van der Waals surface area (Å²) < 4.78 is 0. The second kappa shape index (κ2) is 6.82. The fourth-order valence-corrected chi connectivity index (χ4v) is 2.53. The summed E-state index contributed by atoms with van der Waals surface area (Å²) >= 11 is 5.92. The van der Waals surface area contributed by atoms with Crippen LogP contribution in [0.3, 0.4) is 0 Å². The molecule has 3 rings (SSSR count). The predicted molar refractivity (Wildman–Crippen MR) is 92.9 cm³/mol. The van der Waals surface area contributed by atoms with Crippen LogP contribution >= 0.6 is 11.6 Å². The van der Waals surface area contributed by atoms with E-state index in [1.807, 2.05) is 0 Å². The lowest BCUT2D eigenvalue weighted by Gasteiger charge is -2.31. The van der Waals surface area contributed by atoms with Gasteiger partial charge in [-0.15, -0.1) is 0 Å². The molecular formula is C17H14ClN3O4. The van der Waals surface area contributed by atoms with Crippen LogP contribution in [-0.4, -0.2) is 46.3 Å². The summed E-state index contributed by atoms with van der Waals surface area (Å²) in [5.41, 5.74) is 1.03. The van der Waals surface area contributed by atoms with Crippen molar-refractivity contribution in [3.05, 3.63) is 53.1 Å². The van der Waals surface area contributed by atoms with Crippen molar-refractivity contribution in [1.29, 1.82) is 0 Å². The molecule has 8 heteroatoms. The second-order valence-electron chi connectivity index (χ2n) is 5.40. The van der Waals surface area contributed by atoms with E-state index in [1.54, 1.807) is 24.3 Å². The molecule has 1 saturated heterocycles. The van der Waals surface area contributed by atoms with Crippen molar-refractivity contribution in [2.45, 2.75) is 0 Å². The largest absolute Gasteiger partial charge is 0.504 e. The number of carbonyl (C=O) groups excluding carboxylic acids is 2. The number of phenols is 2. The molecule has 2 amide bonds. The molecule has 7 nitrogen and oxygen atoms in total. The van der Waals surface area contributed by atoms with Crippen LogP contribution in [0.1, 0.15) is 5.56 Å². The van der Waals surface area contributed by atoms with E-state index in [4.69, 9.17) is 11.6 Å². The molecule has 1 aliphatic rings. The van der Waals surface area contributed by atoms with Gasteiger partial charge in [0.05, 0.1) is 6.21 Å². The van der Waals surface area contributed by atoms with Crippen LogP contribution in [0.15, 0.2) is 47.6 Å². The molecule has 25 heavy (non-hydrogen) atoms. The van der Waals surface area contributed by atoms with Gasteiger partial charge in [0, 0.05) is 10.7 Å². The number of anilines is 1. The van der Waals surface area contributed by atoms with Gasteiger partial charge in [-0.25, -0.2) is 5.01 Å². The molecule has 0 saturated carbocycles. The number of hydrogen-bond acceptors (Lipinski definition) is 5. The number of phenolic OH excluding ortho intramolecular Hbond substituents is 2. The number of benzene rings is 2. The Bertz CT molecular complexity index is 869. The molecule has 2 N–H and O–H groups in total. The zero-order valence-corrected chi connectivity index (χ0v) is 13.7. The lowest BCUT2D eigenvalue weighted by atomic mass is 10.2. The van der Waals surface area contributed by atoms with E-state index in [-0.39, 0.29) is 36.4 Å². The van der Waals surface area contributed by atoms with Crippen LogP contribution in [0, 0.1) is 0 Å². The van der Waals surface area contributed by atoms with Gasteiger partial charge in [0.2, 0.25) is 5.91 Å². The number of amides is 2. The molecule has 1 heterocycles. The number of nitrogens with zero attached hydrogens (tertiary/aromatic N) is 3. The van der Waals surface area contributed by atoms with Crippen LogP contribution in [0.25, 0.3) is 0 Å². The molecule has 0 radical (unpaired) electrons. The molecule has 0 bridgehead atoms. The Morgan fingerprint density at radius 3 is 2.52 bits per heavy atom. The fraction of sp³-hybridized carbons (Fsp3) is 0.118. The third-order valence-electron chi connectivity index (χ3n) is 3.63. The molecule has 0 spiro atoms. The summed E-state index contributed by atoms with van der Waals surface area (Å²) in [5, 5.41) is 24.3. The maximum Gasteiger partial charge on any atom is 0.263 e. The van der Waals surface area contributed by atoms with Gasteiger partial charge in [0.15, 0.2) is 11.5 Å². The van der Waals surface area contributed by atoms with Gasteiger partial charge in [-0.1, -0.05) is 17.7 Å². The minimum absolute atomic E-state index is 0.142. The second-order valence-corrected chi connectivity index (χ2v) is 5.84. The molecule has 2 aromatic rings. The molecule has 0 atom stereocenters. The summed E-state index contributed by atoms with van der Waals surface area (Å²) in [4.78, 5) is 25.9. The van der Waals surface area contributed by atoms with Crippen molar-refractivity contribution in [2.24, 2.45) is 5.10 Å². The smallest absolute Gasteiger partial charge is 0.263 e. The highest BCUT2D eigenvalue weighted by atomic mass is 35.5. The van der Waals surface area contributed by atoms with E-state index < -0.39 is 0 Å². The van der Waals surface area contributed by atoms with Crippen molar-refractivity contribution in [3.63, 3.8) is 0 Å². The van der Waals surface area contributed by atoms with Gasteiger partial charge >= 0.3 is 0 Å². The third kappa shape index (κ3) is 3.72. The number of hydrazone groups is 1. The van der Waals surface area contributed by atoms with Gasteiger partial charge in [0.1, 0.15) is 13.1 Å². The van der Waals surface area contributed by atoms with Crippen LogP contribution in [0.2, 0.25) is 5.02 Å². The third-order valence-corrected chi connectivity index (χ3v) is 3.87. The Hall–Kier alpha value is -3.06. The Labute approximate surface area is 148 Å². The van der Waals surface area contributed by atoms with E-state index in [9.17, 15) is 19.8 Å². The topological polar surface area (TPSA) is 93.4 Å². The predicted octanol–water partition coefficient (Wildman–Crippen LogP) is 1.96. The molecule has 0 aliphatic carbocycles. The maximum atomic E-state index is 12.3. The number of halogens is 1. The highest BCUT2D eigenvalue weighted by Crippen LogP contribution is 2.24. The Kier molecular flexibility index (Phi) is 4.58. The fourth-order valence-electron chi connectivity index (χ4n) is 2.35. The molecular weight excluding hydrogens is 346 g/mol. The minimum atomic E-state index is -0.348. The number of carbonyl (C=O) groups is 2. The lowest BCUT2D eigenvalue weighted by molar-refractivity contribution is -0.138. The van der Waals surface area contributed by atoms with Crippen molar-refractivity contribution in [3.8, 4) is 11.5 Å². The van der Waals surface area contributed by atoms with E-state index >= 15 is 0 Å². The van der Waals surface area contributed by atoms with Crippen LogP contribution in [-0.2, 0) is 9.59 Å². The monoisotopic (exact) mass is 359 g/mol. The maximum absolute atomic E-state index is 12.3. The first kappa shape index (κ1) is 16.8. The van der Waals surface area contributed by atoms with Crippen molar-refractivity contribution in [2.75, 3.05) is 18.0 Å². The van der Waals surface area contributed by atoms with Crippen molar-refractivity contribution >= 4 is 35.3 Å². The number of rotatable bonds is 3. The first-order valence-corrected chi connectivity index (χ1v) is 7.74. The highest BCUT2D eigenvalue weighted by Gasteiger charge is 2.30. The van der Waals surface area contributed by atoms with Gasteiger partial charge in [-0.05, 0) is 42.0 Å². The van der Waals surface area contributed by atoms with Gasteiger partial charge < -0.3 is 15.1 Å². The van der Waals surface area contributed by atoms with E-state index in [0.29, 0.717) is 16.3 Å². The summed E-state index contributed by atoms with van der Waals surface area (Å²) in [6.45, 7) is -0.344. The molecule has 0 unspecified atom stereocenters. The van der Waals surface area contributed by atoms with Gasteiger partial charge in [0.25, 0.3) is 5.91 Å².